The van der Waals surface area contributed by atoms with Crippen LogP contribution in [0.2, 0.25) is 0 Å². The summed E-state index contributed by atoms with van der Waals surface area (Å²) in [6.07, 6.45) is 2.32. The van der Waals surface area contributed by atoms with Crippen LogP contribution in [0.1, 0.15) is 17.5 Å². The topological polar surface area (TPSA) is 66.6 Å². The fourth-order valence-corrected chi connectivity index (χ4v) is 4.41. The zero-order valence-electron chi connectivity index (χ0n) is 16.3. The van der Waals surface area contributed by atoms with Gasteiger partial charge in [0.25, 0.3) is 0 Å². The minimum atomic E-state index is -0.888. The number of piperazine rings is 1. The Hall–Kier alpha value is -2.46. The molecule has 2 saturated heterocycles. The number of nitrogens with zero attached hydrogens (tertiary/aromatic N) is 5. The Morgan fingerprint density at radius 2 is 1.86 bits per heavy atom. The molecular formula is C22H27N5O. The monoisotopic (exact) mass is 377 g/mol. The summed E-state index contributed by atoms with van der Waals surface area (Å²) in [5.74, 6) is 0.813. The smallest absolute Gasteiger partial charge is 0.129 e. The molecule has 1 aromatic carbocycles. The largest absolute Gasteiger partial charge is 0.383 e. The van der Waals surface area contributed by atoms with Crippen molar-refractivity contribution in [3.05, 3.63) is 59.8 Å². The first-order valence-corrected chi connectivity index (χ1v) is 9.92. The molecule has 0 spiro atoms. The summed E-state index contributed by atoms with van der Waals surface area (Å²) >= 11 is 0. The zero-order valence-corrected chi connectivity index (χ0v) is 16.3. The molecule has 2 atom stereocenters. The lowest BCUT2D eigenvalue weighted by Gasteiger charge is -2.51. The van der Waals surface area contributed by atoms with Gasteiger partial charge in [0.2, 0.25) is 0 Å². The molecule has 6 nitrogen and oxygen atoms in total. The SMILES string of the molecule is CN1CCN([C@@H]2CN(c3cc(C#N)ccn3)CC[C@]2(O)c2ccccc2)CC1. The first kappa shape index (κ1) is 18.9. The number of benzene rings is 1. The van der Waals surface area contributed by atoms with E-state index in [1.807, 2.05) is 36.4 Å². The average Bonchev–Trinajstić information content (AvgIpc) is 2.75. The highest BCUT2D eigenvalue weighted by molar-refractivity contribution is 5.46. The van der Waals surface area contributed by atoms with Crippen LogP contribution in [-0.4, -0.2) is 72.2 Å². The summed E-state index contributed by atoms with van der Waals surface area (Å²) in [7, 11) is 2.14. The van der Waals surface area contributed by atoms with Gasteiger partial charge < -0.3 is 14.9 Å². The third-order valence-electron chi connectivity index (χ3n) is 6.16. The maximum absolute atomic E-state index is 11.8. The van der Waals surface area contributed by atoms with Crippen LogP contribution in [0.15, 0.2) is 48.7 Å². The van der Waals surface area contributed by atoms with Crippen molar-refractivity contribution in [1.29, 1.82) is 5.26 Å². The fraction of sp³-hybridized carbons (Fsp3) is 0.455. The molecule has 2 aliphatic heterocycles. The van der Waals surface area contributed by atoms with Gasteiger partial charge in [0.05, 0.1) is 17.7 Å². The molecule has 0 amide bonds. The maximum atomic E-state index is 11.8. The van der Waals surface area contributed by atoms with Gasteiger partial charge in [-0.2, -0.15) is 5.26 Å². The van der Waals surface area contributed by atoms with Crippen LogP contribution in [0.25, 0.3) is 0 Å². The first-order valence-electron chi connectivity index (χ1n) is 9.92. The minimum absolute atomic E-state index is 0.0232. The lowest BCUT2D eigenvalue weighted by Crippen LogP contribution is -2.64. The van der Waals surface area contributed by atoms with E-state index in [2.05, 4.69) is 32.8 Å². The van der Waals surface area contributed by atoms with E-state index in [1.165, 1.54) is 0 Å². The number of anilines is 1. The quantitative estimate of drug-likeness (QED) is 0.878. The van der Waals surface area contributed by atoms with Crippen molar-refractivity contribution in [2.24, 2.45) is 0 Å². The van der Waals surface area contributed by atoms with E-state index in [-0.39, 0.29) is 6.04 Å². The highest BCUT2D eigenvalue weighted by atomic mass is 16.3. The van der Waals surface area contributed by atoms with Gasteiger partial charge in [-0.25, -0.2) is 4.98 Å². The van der Waals surface area contributed by atoms with Gasteiger partial charge in [0.1, 0.15) is 11.4 Å². The van der Waals surface area contributed by atoms with Crippen molar-refractivity contribution < 1.29 is 5.11 Å². The highest BCUT2D eigenvalue weighted by Crippen LogP contribution is 2.37. The van der Waals surface area contributed by atoms with Gasteiger partial charge in [-0.15, -0.1) is 0 Å². The Morgan fingerprint density at radius 3 is 2.57 bits per heavy atom. The Balaban J connectivity index is 1.65. The van der Waals surface area contributed by atoms with Gasteiger partial charge in [0.15, 0.2) is 0 Å². The molecule has 3 heterocycles. The molecule has 0 unspecified atom stereocenters. The van der Waals surface area contributed by atoms with Crippen LogP contribution in [0, 0.1) is 11.3 Å². The number of hydrogen-bond donors (Lipinski definition) is 1. The second-order valence-electron chi connectivity index (χ2n) is 7.86. The predicted octanol–water partition coefficient (Wildman–Crippen LogP) is 1.67. The Bertz CT molecular complexity index is 844. The van der Waals surface area contributed by atoms with E-state index in [0.717, 1.165) is 37.6 Å². The van der Waals surface area contributed by atoms with Gasteiger partial charge in [0, 0.05) is 45.5 Å². The Labute approximate surface area is 166 Å². The van der Waals surface area contributed by atoms with E-state index < -0.39 is 5.60 Å². The van der Waals surface area contributed by atoms with Gasteiger partial charge in [-0.1, -0.05) is 30.3 Å². The highest BCUT2D eigenvalue weighted by Gasteiger charge is 2.46. The molecule has 146 valence electrons. The van der Waals surface area contributed by atoms with Crippen LogP contribution in [-0.2, 0) is 5.60 Å². The van der Waals surface area contributed by atoms with Crippen LogP contribution in [0.3, 0.4) is 0 Å². The summed E-state index contributed by atoms with van der Waals surface area (Å²) in [5, 5.41) is 21.1. The molecule has 0 radical (unpaired) electrons. The first-order chi connectivity index (χ1) is 13.6. The molecule has 2 aromatic rings. The molecular weight excluding hydrogens is 350 g/mol. The normalized spacial score (nSPS) is 26.8. The van der Waals surface area contributed by atoms with Gasteiger partial charge in [-0.3, -0.25) is 4.90 Å². The molecule has 0 bridgehead atoms. The molecule has 28 heavy (non-hydrogen) atoms. The summed E-state index contributed by atoms with van der Waals surface area (Å²) in [5.41, 5.74) is 0.711. The molecule has 0 aliphatic carbocycles. The number of piperidine rings is 1. The Morgan fingerprint density at radius 1 is 1.11 bits per heavy atom. The Kier molecular flexibility index (Phi) is 5.31. The molecule has 0 saturated carbocycles. The van der Waals surface area contributed by atoms with Crippen LogP contribution >= 0.6 is 0 Å². The molecule has 1 N–H and O–H groups in total. The van der Waals surface area contributed by atoms with E-state index >= 15 is 0 Å². The number of rotatable bonds is 3. The average molecular weight is 377 g/mol. The minimum Gasteiger partial charge on any atom is -0.383 e. The van der Waals surface area contributed by atoms with Crippen molar-refractivity contribution in [3.8, 4) is 6.07 Å². The number of hydrogen-bond acceptors (Lipinski definition) is 6. The standard InChI is InChI=1S/C22H27N5O/c1-25-11-13-26(14-12-25)20-17-27(21-15-18(16-23)7-9-24-21)10-8-22(20,28)19-5-3-2-4-6-19/h2-7,9,15,20,28H,8,10-14,17H2,1H3/t20-,22+/m1/s1. The van der Waals surface area contributed by atoms with Gasteiger partial charge >= 0.3 is 0 Å². The van der Waals surface area contributed by atoms with Crippen molar-refractivity contribution in [3.63, 3.8) is 0 Å². The third kappa shape index (κ3) is 3.61. The lowest BCUT2D eigenvalue weighted by atomic mass is 9.79. The molecule has 1 aromatic heterocycles. The summed E-state index contributed by atoms with van der Waals surface area (Å²) in [6.45, 7) is 5.28. The summed E-state index contributed by atoms with van der Waals surface area (Å²) in [6, 6.07) is 15.8. The fourth-order valence-electron chi connectivity index (χ4n) is 4.41. The second-order valence-corrected chi connectivity index (χ2v) is 7.86. The molecule has 2 aliphatic rings. The number of nitriles is 1. The van der Waals surface area contributed by atoms with Crippen LogP contribution < -0.4 is 4.90 Å². The van der Waals surface area contributed by atoms with Crippen molar-refractivity contribution >= 4 is 5.82 Å². The molecule has 6 heteroatoms. The van der Waals surface area contributed by atoms with Crippen molar-refractivity contribution in [2.45, 2.75) is 18.1 Å². The van der Waals surface area contributed by atoms with E-state index in [4.69, 9.17) is 0 Å². The number of aliphatic hydroxyl groups is 1. The lowest BCUT2D eigenvalue weighted by molar-refractivity contribution is -0.0757. The molecule has 4 rings (SSSR count). The zero-order chi connectivity index (χ0) is 19.6. The van der Waals surface area contributed by atoms with Gasteiger partial charge in [-0.05, 0) is 31.2 Å². The van der Waals surface area contributed by atoms with Crippen LogP contribution in [0.5, 0.6) is 0 Å². The van der Waals surface area contributed by atoms with E-state index in [9.17, 15) is 10.4 Å². The number of pyridine rings is 1. The van der Waals surface area contributed by atoms with Crippen molar-refractivity contribution in [1.82, 2.24) is 14.8 Å². The maximum Gasteiger partial charge on any atom is 0.129 e. The second kappa shape index (κ2) is 7.88. The summed E-state index contributed by atoms with van der Waals surface area (Å²) in [4.78, 5) is 11.5. The van der Waals surface area contributed by atoms with Crippen LogP contribution in [0.4, 0.5) is 5.82 Å². The predicted molar refractivity (Wildman–Crippen MR) is 109 cm³/mol. The van der Waals surface area contributed by atoms with E-state index in [0.29, 0.717) is 25.1 Å². The number of likely N-dealkylation sites (N-methyl/N-ethyl adjacent to an activating group) is 1. The summed E-state index contributed by atoms with van der Waals surface area (Å²) < 4.78 is 0. The van der Waals surface area contributed by atoms with E-state index in [1.54, 1.807) is 12.3 Å². The number of aromatic nitrogens is 1. The molecule has 2 fully saturated rings. The van der Waals surface area contributed by atoms with Crippen molar-refractivity contribution in [2.75, 3.05) is 51.2 Å². The third-order valence-corrected chi connectivity index (χ3v) is 6.16.